The summed E-state index contributed by atoms with van der Waals surface area (Å²) in [6, 6.07) is 29.2. The molecule has 1 aliphatic heterocycles. The van der Waals surface area contributed by atoms with E-state index in [2.05, 4.69) is 29.4 Å². The summed E-state index contributed by atoms with van der Waals surface area (Å²) in [5.41, 5.74) is 6.22. The molecule has 2 amide bonds. The van der Waals surface area contributed by atoms with Gasteiger partial charge in [0.05, 0.1) is 27.4 Å². The van der Waals surface area contributed by atoms with E-state index in [0.29, 0.717) is 23.1 Å². The normalized spacial score (nSPS) is 14.8. The molecule has 210 valence electrons. The third-order valence-electron chi connectivity index (χ3n) is 7.20. The van der Waals surface area contributed by atoms with Crippen molar-refractivity contribution in [3.8, 4) is 16.9 Å². The van der Waals surface area contributed by atoms with Crippen LogP contribution in [0.5, 0.6) is 0 Å². The number of thioether (sulfide) groups is 1. The number of pyridine rings is 1. The number of fused-ring (bicyclic) bond motifs is 1. The van der Waals surface area contributed by atoms with Gasteiger partial charge in [-0.3, -0.25) is 19.5 Å². The number of carbonyl (C=O) groups excluding carboxylic acids is 2. The lowest BCUT2D eigenvalue weighted by Gasteiger charge is -2.24. The highest BCUT2D eigenvalue weighted by Crippen LogP contribution is 2.49. The molecule has 3 heterocycles. The molecular weight excluding hydrogens is 566 g/mol. The summed E-state index contributed by atoms with van der Waals surface area (Å²) in [5, 5.41) is 8.33. The van der Waals surface area contributed by atoms with E-state index in [1.807, 2.05) is 72.8 Å². The van der Waals surface area contributed by atoms with Crippen molar-refractivity contribution in [1.29, 1.82) is 0 Å². The number of carbonyl (C=O) groups is 2. The van der Waals surface area contributed by atoms with Gasteiger partial charge in [-0.1, -0.05) is 84.4 Å². The Morgan fingerprint density at radius 2 is 1.76 bits per heavy atom. The summed E-state index contributed by atoms with van der Waals surface area (Å²) in [4.78, 5) is 32.9. The maximum Gasteiger partial charge on any atom is 0.240 e. The first-order chi connectivity index (χ1) is 20.5. The largest absolute Gasteiger partial charge is 0.350 e. The molecule has 0 saturated heterocycles. The van der Waals surface area contributed by atoms with E-state index >= 15 is 0 Å². The van der Waals surface area contributed by atoms with Gasteiger partial charge in [0.25, 0.3) is 0 Å². The molecular formula is C33H28ClN5O2S. The summed E-state index contributed by atoms with van der Waals surface area (Å²) in [6.45, 7) is 2.21. The van der Waals surface area contributed by atoms with Crippen molar-refractivity contribution in [3.63, 3.8) is 0 Å². The Bertz CT molecular complexity index is 1740. The van der Waals surface area contributed by atoms with Crippen molar-refractivity contribution >= 4 is 41.0 Å². The monoisotopic (exact) mass is 593 g/mol. The molecule has 0 saturated carbocycles. The van der Waals surface area contributed by atoms with E-state index in [1.165, 1.54) is 0 Å². The predicted octanol–water partition coefficient (Wildman–Crippen LogP) is 6.38. The summed E-state index contributed by atoms with van der Waals surface area (Å²) in [6.07, 6.45) is 3.39. The van der Waals surface area contributed by atoms with Gasteiger partial charge >= 0.3 is 0 Å². The minimum atomic E-state index is -0.286. The molecule has 0 radical (unpaired) electrons. The molecule has 1 unspecified atom stereocenters. The van der Waals surface area contributed by atoms with Crippen LogP contribution in [0.1, 0.15) is 27.5 Å². The maximum absolute atomic E-state index is 13.9. The molecule has 0 aliphatic carbocycles. The number of nitrogens with zero attached hydrogens (tertiary/aromatic N) is 4. The first-order valence-electron chi connectivity index (χ1n) is 13.6. The minimum Gasteiger partial charge on any atom is -0.350 e. The molecule has 0 fully saturated rings. The standard InChI is InChI=1S/C33H28ClN5O2S/c1-22-10-5-6-14-25(22)32-30-31(24-12-3-2-4-13-24)37-39(27-16-8-7-15-26(27)34)33(30)38(29(41)21-42-32)20-28(40)36-19-23-11-9-17-35-18-23/h2-18,32H,19-21H2,1H3,(H,36,40). The average Bonchev–Trinajstić information content (AvgIpc) is 3.34. The molecule has 1 aliphatic rings. The van der Waals surface area contributed by atoms with E-state index in [4.69, 9.17) is 16.7 Å². The number of anilines is 1. The minimum absolute atomic E-state index is 0.169. The molecule has 5 aromatic rings. The number of nitrogens with one attached hydrogen (secondary N) is 1. The van der Waals surface area contributed by atoms with Crippen LogP contribution >= 0.6 is 23.4 Å². The van der Waals surface area contributed by atoms with Gasteiger partial charge in [-0.2, -0.15) is 5.10 Å². The number of benzene rings is 3. The fraction of sp³-hybridized carbons (Fsp3) is 0.152. The number of aryl methyl sites for hydroxylation is 1. The highest BCUT2D eigenvalue weighted by atomic mass is 35.5. The van der Waals surface area contributed by atoms with Crippen molar-refractivity contribution in [2.45, 2.75) is 18.7 Å². The number of hydrogen-bond donors (Lipinski definition) is 1. The second kappa shape index (κ2) is 12.2. The smallest absolute Gasteiger partial charge is 0.240 e. The molecule has 7 nitrogen and oxygen atoms in total. The van der Waals surface area contributed by atoms with Gasteiger partial charge in [-0.05, 0) is 41.8 Å². The molecule has 9 heteroatoms. The number of amides is 2. The summed E-state index contributed by atoms with van der Waals surface area (Å²) >= 11 is 8.28. The Balaban J connectivity index is 1.54. The quantitative estimate of drug-likeness (QED) is 0.237. The van der Waals surface area contributed by atoms with Crippen LogP contribution < -0.4 is 10.2 Å². The van der Waals surface area contributed by atoms with Crippen molar-refractivity contribution in [3.05, 3.63) is 131 Å². The van der Waals surface area contributed by atoms with Crippen LogP contribution in [-0.2, 0) is 16.1 Å². The molecule has 3 aromatic carbocycles. The van der Waals surface area contributed by atoms with E-state index in [0.717, 1.165) is 33.5 Å². The first kappa shape index (κ1) is 27.8. The highest BCUT2D eigenvalue weighted by Gasteiger charge is 2.38. The number of hydrogen-bond acceptors (Lipinski definition) is 5. The topological polar surface area (TPSA) is 80.1 Å². The lowest BCUT2D eigenvalue weighted by molar-refractivity contribution is -0.123. The molecule has 6 rings (SSSR count). The van der Waals surface area contributed by atoms with Gasteiger partial charge < -0.3 is 5.32 Å². The number of aromatic nitrogens is 3. The highest BCUT2D eigenvalue weighted by molar-refractivity contribution is 8.00. The summed E-state index contributed by atoms with van der Waals surface area (Å²) < 4.78 is 1.73. The van der Waals surface area contributed by atoms with Gasteiger partial charge in [0.15, 0.2) is 0 Å². The number of halogens is 1. The van der Waals surface area contributed by atoms with Crippen molar-refractivity contribution in [2.24, 2.45) is 0 Å². The molecule has 1 atom stereocenters. The second-order valence-corrected chi connectivity index (χ2v) is 11.5. The Morgan fingerprint density at radius 3 is 2.52 bits per heavy atom. The van der Waals surface area contributed by atoms with Crippen LogP contribution in [0.15, 0.2) is 103 Å². The van der Waals surface area contributed by atoms with Gasteiger partial charge in [0, 0.05) is 30.1 Å². The summed E-state index contributed by atoms with van der Waals surface area (Å²) in [5.74, 6) is 0.273. The van der Waals surface area contributed by atoms with Crippen LogP contribution in [-0.4, -0.2) is 38.9 Å². The van der Waals surface area contributed by atoms with Crippen LogP contribution in [0.3, 0.4) is 0 Å². The Kier molecular flexibility index (Phi) is 8.08. The van der Waals surface area contributed by atoms with Crippen LogP contribution in [0.2, 0.25) is 5.02 Å². The van der Waals surface area contributed by atoms with Crippen molar-refractivity contribution in [1.82, 2.24) is 20.1 Å². The van der Waals surface area contributed by atoms with Crippen LogP contribution in [0.4, 0.5) is 5.82 Å². The van der Waals surface area contributed by atoms with Crippen LogP contribution in [0, 0.1) is 6.92 Å². The van der Waals surface area contributed by atoms with Gasteiger partial charge in [-0.15, -0.1) is 11.8 Å². The van der Waals surface area contributed by atoms with E-state index in [1.54, 1.807) is 39.8 Å². The number of para-hydroxylation sites is 1. The van der Waals surface area contributed by atoms with E-state index in [-0.39, 0.29) is 29.4 Å². The zero-order valence-corrected chi connectivity index (χ0v) is 24.5. The molecule has 2 aromatic heterocycles. The van der Waals surface area contributed by atoms with Crippen molar-refractivity contribution in [2.75, 3.05) is 17.2 Å². The Morgan fingerprint density at radius 1 is 1.00 bits per heavy atom. The number of rotatable bonds is 7. The first-order valence-corrected chi connectivity index (χ1v) is 15.0. The fourth-order valence-corrected chi connectivity index (χ4v) is 6.66. The Labute approximate surface area is 253 Å². The molecule has 42 heavy (non-hydrogen) atoms. The SMILES string of the molecule is Cc1ccccc1C1SCC(=O)N(CC(=O)NCc2cccnc2)c2c1c(-c1ccccc1)nn2-c1ccccc1Cl. The Hall–Kier alpha value is -4.40. The van der Waals surface area contributed by atoms with Crippen molar-refractivity contribution < 1.29 is 9.59 Å². The van der Waals surface area contributed by atoms with Gasteiger partial charge in [-0.25, -0.2) is 4.68 Å². The lowest BCUT2D eigenvalue weighted by atomic mass is 9.97. The average molecular weight is 594 g/mol. The lowest BCUT2D eigenvalue weighted by Crippen LogP contribution is -2.42. The predicted molar refractivity (Wildman–Crippen MR) is 168 cm³/mol. The summed E-state index contributed by atoms with van der Waals surface area (Å²) in [7, 11) is 0. The van der Waals surface area contributed by atoms with Gasteiger partial charge in [0.2, 0.25) is 11.8 Å². The molecule has 0 spiro atoms. The maximum atomic E-state index is 13.9. The third kappa shape index (κ3) is 5.55. The van der Waals surface area contributed by atoms with E-state index in [9.17, 15) is 9.59 Å². The molecule has 1 N–H and O–H groups in total. The fourth-order valence-electron chi connectivity index (χ4n) is 5.15. The van der Waals surface area contributed by atoms with Crippen LogP contribution in [0.25, 0.3) is 16.9 Å². The molecule has 0 bridgehead atoms. The third-order valence-corrected chi connectivity index (χ3v) is 8.76. The second-order valence-electron chi connectivity index (χ2n) is 9.98. The van der Waals surface area contributed by atoms with Gasteiger partial charge in [0.1, 0.15) is 12.4 Å². The zero-order chi connectivity index (χ0) is 29.1. The zero-order valence-electron chi connectivity index (χ0n) is 22.9. The van der Waals surface area contributed by atoms with E-state index < -0.39 is 0 Å².